The predicted molar refractivity (Wildman–Crippen MR) is 96.9 cm³/mol. The van der Waals surface area contributed by atoms with Crippen LogP contribution in [-0.2, 0) is 0 Å². The van der Waals surface area contributed by atoms with Gasteiger partial charge in [-0.25, -0.2) is 4.98 Å². The van der Waals surface area contributed by atoms with Crippen molar-refractivity contribution in [2.75, 3.05) is 0 Å². The molecule has 2 fully saturated rings. The molecule has 0 atom stereocenters. The molecule has 0 spiro atoms. The molecule has 2 aliphatic rings. The highest BCUT2D eigenvalue weighted by atomic mass is 19.1. The van der Waals surface area contributed by atoms with E-state index in [9.17, 15) is 4.39 Å². The zero-order valence-corrected chi connectivity index (χ0v) is 14.9. The highest BCUT2D eigenvalue weighted by Gasteiger charge is 2.30. The Morgan fingerprint density at radius 3 is 2.25 bits per heavy atom. The highest BCUT2D eigenvalue weighted by Crippen LogP contribution is 2.42. The Balaban J connectivity index is 1.44. The molecule has 0 aromatic carbocycles. The van der Waals surface area contributed by atoms with Crippen molar-refractivity contribution >= 4 is 0 Å². The van der Waals surface area contributed by atoms with Gasteiger partial charge in [0.05, 0.1) is 0 Å². The van der Waals surface area contributed by atoms with E-state index in [2.05, 4.69) is 23.7 Å². The number of pyridine rings is 1. The minimum atomic E-state index is -0.435. The van der Waals surface area contributed by atoms with E-state index >= 15 is 0 Å². The van der Waals surface area contributed by atoms with Crippen molar-refractivity contribution in [1.29, 1.82) is 0 Å². The largest absolute Gasteiger partial charge is 0.227 e. The second-order valence-electron chi connectivity index (χ2n) is 7.82. The Bertz CT molecular complexity index is 552. The molecule has 0 unspecified atom stereocenters. The Morgan fingerprint density at radius 1 is 1.00 bits per heavy atom. The van der Waals surface area contributed by atoms with E-state index in [0.717, 1.165) is 23.3 Å². The topological polar surface area (TPSA) is 12.9 Å². The number of aromatic nitrogens is 1. The first-order valence-corrected chi connectivity index (χ1v) is 9.87. The lowest BCUT2D eigenvalue weighted by molar-refractivity contribution is 0.154. The van der Waals surface area contributed by atoms with Gasteiger partial charge in [-0.15, -0.1) is 0 Å². The van der Waals surface area contributed by atoms with Crippen molar-refractivity contribution in [2.45, 2.75) is 71.1 Å². The van der Waals surface area contributed by atoms with E-state index in [4.69, 9.17) is 0 Å². The quantitative estimate of drug-likeness (QED) is 0.491. The molecule has 0 amide bonds. The van der Waals surface area contributed by atoms with E-state index in [-0.39, 0.29) is 0 Å². The smallest absolute Gasteiger partial charge is 0.212 e. The molecule has 1 aromatic heterocycles. The summed E-state index contributed by atoms with van der Waals surface area (Å²) in [6.07, 6.45) is 15.4. The third kappa shape index (κ3) is 4.82. The fraction of sp³-hybridized carbons (Fsp3) is 0.682. The summed E-state index contributed by atoms with van der Waals surface area (Å²) >= 11 is 0. The average Bonchev–Trinajstić information content (AvgIpc) is 2.63. The number of hydrogen-bond acceptors (Lipinski definition) is 1. The van der Waals surface area contributed by atoms with E-state index < -0.39 is 5.95 Å². The van der Waals surface area contributed by atoms with Crippen LogP contribution in [0.15, 0.2) is 18.3 Å². The Hall–Kier alpha value is -1.36. The van der Waals surface area contributed by atoms with Crippen LogP contribution in [0, 0.1) is 41.5 Å². The Morgan fingerprint density at radius 2 is 1.67 bits per heavy atom. The van der Waals surface area contributed by atoms with Crippen LogP contribution in [0.5, 0.6) is 0 Å². The fourth-order valence-electron chi connectivity index (χ4n) is 4.73. The Labute approximate surface area is 146 Å². The summed E-state index contributed by atoms with van der Waals surface area (Å²) in [5.74, 6) is 9.58. The summed E-state index contributed by atoms with van der Waals surface area (Å²) in [6.45, 7) is 2.32. The standard InChI is InChI=1S/C22H30FN/c1-2-3-17-6-11-20(12-7-17)21-13-8-18(9-14-21)4-5-19-10-15-22(23)24-16-19/h10,15-18,20-21H,2-3,6-9,11-14H2,1H3. The minimum absolute atomic E-state index is 0.435. The lowest BCUT2D eigenvalue weighted by Crippen LogP contribution is -2.25. The third-order valence-electron chi connectivity index (χ3n) is 6.17. The fourth-order valence-corrected chi connectivity index (χ4v) is 4.73. The second kappa shape index (κ2) is 8.65. The maximum atomic E-state index is 12.8. The van der Waals surface area contributed by atoms with Crippen molar-refractivity contribution in [1.82, 2.24) is 4.98 Å². The molecule has 130 valence electrons. The molecule has 1 heterocycles. The molecule has 0 bridgehead atoms. The molecular weight excluding hydrogens is 297 g/mol. The molecule has 0 aliphatic heterocycles. The van der Waals surface area contributed by atoms with Gasteiger partial charge < -0.3 is 0 Å². The van der Waals surface area contributed by atoms with E-state index in [1.165, 1.54) is 76.5 Å². The molecule has 2 heteroatoms. The van der Waals surface area contributed by atoms with Crippen LogP contribution in [0.1, 0.15) is 76.7 Å². The molecular formula is C22H30FN. The van der Waals surface area contributed by atoms with Gasteiger partial charge in [0.25, 0.3) is 0 Å². The van der Waals surface area contributed by atoms with Crippen LogP contribution >= 0.6 is 0 Å². The SMILES string of the molecule is CCCC1CCC(C2CCC(C#Cc3ccc(F)nc3)CC2)CC1. The molecule has 24 heavy (non-hydrogen) atoms. The Kier molecular flexibility index (Phi) is 6.30. The van der Waals surface area contributed by atoms with Gasteiger partial charge in [0.1, 0.15) is 0 Å². The summed E-state index contributed by atoms with van der Waals surface area (Å²) < 4.78 is 12.8. The van der Waals surface area contributed by atoms with Gasteiger partial charge in [0.2, 0.25) is 5.95 Å². The molecule has 1 aromatic rings. The van der Waals surface area contributed by atoms with Gasteiger partial charge in [-0.3, -0.25) is 0 Å². The molecule has 2 saturated carbocycles. The number of rotatable bonds is 3. The van der Waals surface area contributed by atoms with Crippen LogP contribution in [0.25, 0.3) is 0 Å². The first-order chi connectivity index (χ1) is 11.7. The summed E-state index contributed by atoms with van der Waals surface area (Å²) in [7, 11) is 0. The average molecular weight is 327 g/mol. The third-order valence-corrected chi connectivity index (χ3v) is 6.17. The summed E-state index contributed by atoms with van der Waals surface area (Å²) in [5, 5.41) is 0. The van der Waals surface area contributed by atoms with Gasteiger partial charge in [-0.2, -0.15) is 4.39 Å². The lowest BCUT2D eigenvalue weighted by atomic mass is 9.69. The second-order valence-corrected chi connectivity index (χ2v) is 7.82. The van der Waals surface area contributed by atoms with Crippen molar-refractivity contribution in [3.63, 3.8) is 0 Å². The zero-order chi connectivity index (χ0) is 16.8. The van der Waals surface area contributed by atoms with Gasteiger partial charge in [0, 0.05) is 17.7 Å². The number of halogens is 1. The maximum absolute atomic E-state index is 12.8. The molecule has 0 saturated heterocycles. The van der Waals surface area contributed by atoms with Crippen LogP contribution in [-0.4, -0.2) is 4.98 Å². The van der Waals surface area contributed by atoms with Crippen molar-refractivity contribution in [2.24, 2.45) is 23.7 Å². The highest BCUT2D eigenvalue weighted by molar-refractivity contribution is 5.32. The van der Waals surface area contributed by atoms with E-state index in [0.29, 0.717) is 5.92 Å². The van der Waals surface area contributed by atoms with E-state index in [1.807, 2.05) is 0 Å². The van der Waals surface area contributed by atoms with Crippen molar-refractivity contribution in [3.05, 3.63) is 29.8 Å². The maximum Gasteiger partial charge on any atom is 0.212 e. The molecule has 1 nitrogen and oxygen atoms in total. The lowest BCUT2D eigenvalue weighted by Gasteiger charge is -2.37. The first-order valence-electron chi connectivity index (χ1n) is 9.87. The number of hydrogen-bond donors (Lipinski definition) is 0. The van der Waals surface area contributed by atoms with Gasteiger partial charge in [0.15, 0.2) is 0 Å². The van der Waals surface area contributed by atoms with Gasteiger partial charge in [-0.05, 0) is 68.4 Å². The normalized spacial score (nSPS) is 30.4. The summed E-state index contributed by atoms with van der Waals surface area (Å²) in [6, 6.07) is 3.10. The van der Waals surface area contributed by atoms with Crippen molar-refractivity contribution < 1.29 is 4.39 Å². The molecule has 0 N–H and O–H groups in total. The first kappa shape index (κ1) is 17.5. The monoisotopic (exact) mass is 327 g/mol. The summed E-state index contributed by atoms with van der Waals surface area (Å²) in [5.41, 5.74) is 0.827. The van der Waals surface area contributed by atoms with Crippen molar-refractivity contribution in [3.8, 4) is 11.8 Å². The molecule has 3 rings (SSSR count). The molecule has 0 radical (unpaired) electrons. The van der Waals surface area contributed by atoms with Crippen LogP contribution in [0.3, 0.4) is 0 Å². The van der Waals surface area contributed by atoms with Gasteiger partial charge in [-0.1, -0.05) is 44.4 Å². The van der Waals surface area contributed by atoms with Gasteiger partial charge >= 0.3 is 0 Å². The summed E-state index contributed by atoms with van der Waals surface area (Å²) in [4.78, 5) is 3.67. The van der Waals surface area contributed by atoms with Crippen LogP contribution < -0.4 is 0 Å². The zero-order valence-electron chi connectivity index (χ0n) is 14.9. The number of nitrogens with zero attached hydrogens (tertiary/aromatic N) is 1. The molecule has 2 aliphatic carbocycles. The minimum Gasteiger partial charge on any atom is -0.227 e. The van der Waals surface area contributed by atoms with Crippen LogP contribution in [0.4, 0.5) is 4.39 Å². The van der Waals surface area contributed by atoms with E-state index in [1.54, 1.807) is 6.07 Å². The van der Waals surface area contributed by atoms with Crippen LogP contribution in [0.2, 0.25) is 0 Å². The predicted octanol–water partition coefficient (Wildman–Crippen LogP) is 5.99.